The minimum atomic E-state index is -0.441. The van der Waals surface area contributed by atoms with Crippen LogP contribution >= 0.6 is 11.8 Å². The van der Waals surface area contributed by atoms with Gasteiger partial charge in [-0.05, 0) is 55.1 Å². The van der Waals surface area contributed by atoms with Gasteiger partial charge in [-0.25, -0.2) is 9.67 Å². The number of nitro groups is 1. The van der Waals surface area contributed by atoms with Crippen molar-refractivity contribution in [1.82, 2.24) is 9.78 Å². The topological polar surface area (TPSA) is 106 Å². The fraction of sp³-hybridized carbons (Fsp3) is 0.115. The number of hydrogen-bond donors (Lipinski definition) is 1. The van der Waals surface area contributed by atoms with E-state index in [2.05, 4.69) is 29.6 Å². The number of fused-ring (bicyclic) bond motifs is 4. The summed E-state index contributed by atoms with van der Waals surface area (Å²) in [4.78, 5) is 31.9. The van der Waals surface area contributed by atoms with E-state index < -0.39 is 4.92 Å². The molecule has 2 aliphatic heterocycles. The van der Waals surface area contributed by atoms with Gasteiger partial charge in [-0.15, -0.1) is 11.8 Å². The van der Waals surface area contributed by atoms with E-state index in [4.69, 9.17) is 10.1 Å². The second-order valence-corrected chi connectivity index (χ2v) is 9.34. The zero-order valence-corrected chi connectivity index (χ0v) is 20.2. The third-order valence-electron chi connectivity index (χ3n) is 6.40. The van der Waals surface area contributed by atoms with Crippen molar-refractivity contribution in [3.63, 3.8) is 0 Å². The highest BCUT2D eigenvalue weighted by Crippen LogP contribution is 2.47. The number of carbonyl (C=O) groups is 1. The van der Waals surface area contributed by atoms with E-state index in [1.165, 1.54) is 12.1 Å². The summed E-state index contributed by atoms with van der Waals surface area (Å²) in [6, 6.07) is 21.7. The Bertz CT molecular complexity index is 1560. The van der Waals surface area contributed by atoms with Gasteiger partial charge in [-0.1, -0.05) is 24.3 Å². The molecule has 0 spiro atoms. The molecule has 0 aliphatic carbocycles. The van der Waals surface area contributed by atoms with Crippen LogP contribution in [0, 0.1) is 17.0 Å². The molecule has 3 heterocycles. The number of amidine groups is 1. The van der Waals surface area contributed by atoms with Crippen LogP contribution in [-0.2, 0) is 4.79 Å². The minimum Gasteiger partial charge on any atom is -0.317 e. The number of aromatic nitrogens is 2. The number of nitro benzene ring substituents is 1. The Balaban J connectivity index is 1.59. The highest BCUT2D eigenvalue weighted by atomic mass is 32.2. The first-order chi connectivity index (χ1) is 17.5. The first-order valence-corrected chi connectivity index (χ1v) is 12.5. The van der Waals surface area contributed by atoms with Crippen LogP contribution in [0.25, 0.3) is 5.69 Å². The number of nitrogens with zero attached hydrogens (tertiary/aromatic N) is 5. The number of aliphatic imine (C=N–C) groups is 1. The molecule has 0 saturated heterocycles. The first-order valence-electron chi connectivity index (χ1n) is 11.2. The van der Waals surface area contributed by atoms with Crippen molar-refractivity contribution in [3.8, 4) is 5.69 Å². The number of anilines is 2. The van der Waals surface area contributed by atoms with Gasteiger partial charge in [0.2, 0.25) is 5.84 Å². The lowest BCUT2D eigenvalue weighted by Crippen LogP contribution is -2.48. The summed E-state index contributed by atoms with van der Waals surface area (Å²) in [6.45, 7) is 1.92. The summed E-state index contributed by atoms with van der Waals surface area (Å²) in [7, 11) is 0. The molecule has 178 valence electrons. The number of nitrogens with one attached hydrogen (secondary N) is 1. The third-order valence-corrected chi connectivity index (χ3v) is 7.15. The van der Waals surface area contributed by atoms with Crippen molar-refractivity contribution in [2.75, 3.05) is 16.5 Å². The van der Waals surface area contributed by atoms with E-state index >= 15 is 0 Å². The van der Waals surface area contributed by atoms with Crippen molar-refractivity contribution in [3.05, 3.63) is 99.7 Å². The summed E-state index contributed by atoms with van der Waals surface area (Å²) < 4.78 is 1.65. The van der Waals surface area contributed by atoms with Gasteiger partial charge in [0.1, 0.15) is 0 Å². The van der Waals surface area contributed by atoms with Crippen LogP contribution in [0.2, 0.25) is 0 Å². The third kappa shape index (κ3) is 3.37. The number of benzene rings is 3. The zero-order valence-electron chi connectivity index (χ0n) is 19.4. The lowest BCUT2D eigenvalue weighted by molar-refractivity contribution is -0.384. The van der Waals surface area contributed by atoms with Gasteiger partial charge >= 0.3 is 0 Å². The summed E-state index contributed by atoms with van der Waals surface area (Å²) in [5.41, 5.74) is 4.81. The number of hydrogen-bond acceptors (Lipinski definition) is 7. The Morgan fingerprint density at radius 2 is 1.75 bits per heavy atom. The Kier molecular flexibility index (Phi) is 5.11. The molecule has 10 heteroatoms. The van der Waals surface area contributed by atoms with Crippen molar-refractivity contribution in [2.45, 2.75) is 17.9 Å². The highest BCUT2D eigenvalue weighted by molar-refractivity contribution is 7.98. The molecule has 2 aliphatic rings. The van der Waals surface area contributed by atoms with Crippen LogP contribution in [0.3, 0.4) is 0 Å². The fourth-order valence-corrected chi connectivity index (χ4v) is 5.15. The van der Waals surface area contributed by atoms with Crippen molar-refractivity contribution in [1.29, 1.82) is 0 Å². The van der Waals surface area contributed by atoms with E-state index in [0.717, 1.165) is 33.1 Å². The molecule has 0 radical (unpaired) electrons. The van der Waals surface area contributed by atoms with Crippen molar-refractivity contribution >= 4 is 46.4 Å². The molecule has 1 N–H and O–H groups in total. The van der Waals surface area contributed by atoms with Gasteiger partial charge in [0.25, 0.3) is 11.6 Å². The van der Waals surface area contributed by atoms with E-state index in [9.17, 15) is 14.9 Å². The average Bonchev–Trinajstić information content (AvgIpc) is 3.24. The van der Waals surface area contributed by atoms with Crippen LogP contribution in [0.15, 0.2) is 82.7 Å². The van der Waals surface area contributed by atoms with Crippen LogP contribution in [0.4, 0.5) is 22.9 Å². The van der Waals surface area contributed by atoms with Crippen LogP contribution in [0.1, 0.15) is 22.9 Å². The second kappa shape index (κ2) is 8.35. The predicted molar refractivity (Wildman–Crippen MR) is 140 cm³/mol. The van der Waals surface area contributed by atoms with Gasteiger partial charge in [0, 0.05) is 22.6 Å². The molecule has 1 amide bonds. The van der Waals surface area contributed by atoms with Gasteiger partial charge in [0.15, 0.2) is 5.82 Å². The van der Waals surface area contributed by atoms with Crippen LogP contribution in [-0.4, -0.2) is 32.7 Å². The molecule has 0 fully saturated rings. The number of thioether (sulfide) groups is 1. The predicted octanol–water partition coefficient (Wildman–Crippen LogP) is 5.40. The van der Waals surface area contributed by atoms with Crippen molar-refractivity contribution in [2.24, 2.45) is 4.99 Å². The van der Waals surface area contributed by atoms with Crippen LogP contribution < -0.4 is 10.2 Å². The monoisotopic (exact) mass is 496 g/mol. The second-order valence-electron chi connectivity index (χ2n) is 8.46. The number of aryl methyl sites for hydroxylation is 1. The number of carbonyl (C=O) groups excluding carboxylic acids is 1. The Labute approximate surface area is 210 Å². The fourth-order valence-electron chi connectivity index (χ4n) is 4.74. The standard InChI is InChI=1S/C26H20N6O3S/c1-15-22-23(16-7-13-19(36-2)14-8-16)30-21-6-4-3-5-20(21)27-26(33)25(30)28-24(22)31(29-15)17-9-11-18(12-10-17)32(34)35/h3-14,23H,1-2H3,(H,27,33)/t23-/m0/s1. The number of amides is 1. The molecule has 0 bridgehead atoms. The summed E-state index contributed by atoms with van der Waals surface area (Å²) in [6.07, 6.45) is 2.03. The molecule has 6 rings (SSSR count). The van der Waals surface area contributed by atoms with E-state index in [1.54, 1.807) is 28.6 Å². The summed E-state index contributed by atoms with van der Waals surface area (Å²) >= 11 is 1.66. The average molecular weight is 497 g/mol. The van der Waals surface area contributed by atoms with Gasteiger partial charge in [-0.3, -0.25) is 14.9 Å². The quantitative estimate of drug-likeness (QED) is 0.230. The van der Waals surface area contributed by atoms with E-state index in [-0.39, 0.29) is 23.5 Å². The summed E-state index contributed by atoms with van der Waals surface area (Å²) in [5, 5.41) is 18.8. The Morgan fingerprint density at radius 1 is 1.03 bits per heavy atom. The molecular weight excluding hydrogens is 476 g/mol. The highest BCUT2D eigenvalue weighted by Gasteiger charge is 2.42. The summed E-state index contributed by atoms with van der Waals surface area (Å²) in [5.74, 6) is 0.489. The smallest absolute Gasteiger partial charge is 0.291 e. The zero-order chi connectivity index (χ0) is 25.0. The number of rotatable bonds is 4. The maximum atomic E-state index is 13.3. The van der Waals surface area contributed by atoms with E-state index in [0.29, 0.717) is 11.5 Å². The lowest BCUT2D eigenvalue weighted by Gasteiger charge is -2.40. The van der Waals surface area contributed by atoms with Crippen LogP contribution in [0.5, 0.6) is 0 Å². The Morgan fingerprint density at radius 3 is 2.44 bits per heavy atom. The molecule has 0 unspecified atom stereocenters. The molecular formula is C26H20N6O3S. The molecule has 1 aromatic heterocycles. The molecule has 9 nitrogen and oxygen atoms in total. The van der Waals surface area contributed by atoms with Gasteiger partial charge in [-0.2, -0.15) is 5.10 Å². The van der Waals surface area contributed by atoms with Crippen molar-refractivity contribution < 1.29 is 9.72 Å². The maximum Gasteiger partial charge on any atom is 0.291 e. The molecule has 36 heavy (non-hydrogen) atoms. The van der Waals surface area contributed by atoms with E-state index in [1.807, 2.05) is 42.3 Å². The molecule has 1 atom stereocenters. The minimum absolute atomic E-state index is 0.0102. The number of non-ortho nitro benzene ring substituents is 1. The molecule has 3 aromatic carbocycles. The normalized spacial score (nSPS) is 15.9. The SMILES string of the molecule is CSc1ccc([C@H]2c3c(C)nn(-c4ccc([N+](=O)[O-])cc4)c3N=C3C(=O)Nc4ccccc4N32)cc1. The molecule has 4 aromatic rings. The first kappa shape index (κ1) is 22.1. The number of para-hydroxylation sites is 2. The molecule has 0 saturated carbocycles. The van der Waals surface area contributed by atoms with Gasteiger partial charge in [0.05, 0.1) is 33.7 Å². The Hall–Kier alpha value is -4.44. The maximum absolute atomic E-state index is 13.3. The van der Waals surface area contributed by atoms with Gasteiger partial charge < -0.3 is 10.2 Å². The largest absolute Gasteiger partial charge is 0.317 e. The lowest BCUT2D eigenvalue weighted by atomic mass is 9.93.